The normalized spacial score (nSPS) is 12.9. The largest absolute Gasteiger partial charge is 0.455 e. The van der Waals surface area contributed by atoms with Gasteiger partial charge in [-0.15, -0.1) is 0 Å². The molecule has 450 valence electrons. The van der Waals surface area contributed by atoms with E-state index in [9.17, 15) is 0 Å². The molecular weight excluding hydrogens is 1140 g/mol. The van der Waals surface area contributed by atoms with Crippen LogP contribution < -0.4 is 9.80 Å². The highest BCUT2D eigenvalue weighted by Crippen LogP contribution is 2.64. The predicted molar refractivity (Wildman–Crippen MR) is 399 cm³/mol. The van der Waals surface area contributed by atoms with Crippen molar-refractivity contribution in [2.24, 2.45) is 0 Å². The second-order valence-electron chi connectivity index (χ2n) is 27.6. The Morgan fingerprint density at radius 2 is 0.723 bits per heavy atom. The molecule has 0 aliphatic heterocycles. The molecule has 3 nitrogen and oxygen atoms in total. The number of hydrogen-bond acceptors (Lipinski definition) is 3. The Morgan fingerprint density at radius 3 is 1.24 bits per heavy atom. The SMILES string of the molecule is CC(C)(C)c1ccc(N(c2ccc(-c3ccc4ccccc4c3)cc2)c2ccc3c4c(c5ccccc5c3c2)-c2c(cc(N(c3ccc(-c5ccc6ccccc6c5)cc3)c3ccc(C(C)(C)C)cc3)c3c2oc2ccccc23)C4(c2ccccc2)c2ccccc2)cc1. The smallest absolute Gasteiger partial charge is 0.145 e. The number of benzene rings is 15. The summed E-state index contributed by atoms with van der Waals surface area (Å²) in [6.07, 6.45) is 0. The van der Waals surface area contributed by atoms with Crippen LogP contribution in [-0.4, -0.2) is 0 Å². The summed E-state index contributed by atoms with van der Waals surface area (Å²) in [4.78, 5) is 4.93. The molecule has 1 aromatic heterocycles. The van der Waals surface area contributed by atoms with Crippen molar-refractivity contribution in [2.75, 3.05) is 9.80 Å². The van der Waals surface area contributed by atoms with E-state index in [2.05, 4.69) is 367 Å². The van der Waals surface area contributed by atoms with Crippen molar-refractivity contribution in [1.82, 2.24) is 0 Å². The molecule has 0 radical (unpaired) electrons. The van der Waals surface area contributed by atoms with Crippen LogP contribution in [0.3, 0.4) is 0 Å². The van der Waals surface area contributed by atoms with Crippen molar-refractivity contribution in [3.63, 3.8) is 0 Å². The number of furan rings is 1. The molecule has 0 atom stereocenters. The van der Waals surface area contributed by atoms with Crippen molar-refractivity contribution in [1.29, 1.82) is 0 Å². The van der Waals surface area contributed by atoms with E-state index in [1.54, 1.807) is 0 Å². The van der Waals surface area contributed by atoms with Gasteiger partial charge in [0.1, 0.15) is 11.2 Å². The maximum Gasteiger partial charge on any atom is 0.145 e. The Kier molecular flexibility index (Phi) is 13.3. The molecule has 15 aromatic carbocycles. The lowest BCUT2D eigenvalue weighted by atomic mass is 9.66. The zero-order valence-electron chi connectivity index (χ0n) is 53.8. The highest BCUT2D eigenvalue weighted by molar-refractivity contribution is 6.26. The third-order valence-electron chi connectivity index (χ3n) is 20.0. The Morgan fingerprint density at radius 1 is 0.298 bits per heavy atom. The highest BCUT2D eigenvalue weighted by Gasteiger charge is 2.50. The van der Waals surface area contributed by atoms with Gasteiger partial charge in [-0.1, -0.05) is 272 Å². The molecule has 3 heteroatoms. The van der Waals surface area contributed by atoms with Crippen molar-refractivity contribution in [3.05, 3.63) is 349 Å². The predicted octanol–water partition coefficient (Wildman–Crippen LogP) is 25.4. The van der Waals surface area contributed by atoms with E-state index in [-0.39, 0.29) is 10.8 Å². The first kappa shape index (κ1) is 56.7. The third-order valence-corrected chi connectivity index (χ3v) is 20.0. The molecule has 0 unspecified atom stereocenters. The Balaban J connectivity index is 0.937. The fraction of sp³-hybridized carbons (Fsp3) is 0.0989. The summed E-state index contributed by atoms with van der Waals surface area (Å²) in [5.74, 6) is 0. The fourth-order valence-electron chi connectivity index (χ4n) is 15.3. The van der Waals surface area contributed by atoms with Gasteiger partial charge < -0.3 is 14.2 Å². The molecule has 16 aromatic rings. The molecule has 0 spiro atoms. The van der Waals surface area contributed by atoms with Gasteiger partial charge in [0.05, 0.1) is 16.5 Å². The van der Waals surface area contributed by atoms with E-state index < -0.39 is 5.41 Å². The minimum absolute atomic E-state index is 0.0100. The van der Waals surface area contributed by atoms with E-state index in [1.165, 1.54) is 98.7 Å². The monoisotopic (exact) mass is 1210 g/mol. The molecule has 0 N–H and O–H groups in total. The average molecular weight is 1210 g/mol. The van der Waals surface area contributed by atoms with Gasteiger partial charge in [0.2, 0.25) is 0 Å². The van der Waals surface area contributed by atoms with Crippen LogP contribution in [0.15, 0.2) is 320 Å². The first-order chi connectivity index (χ1) is 45.9. The van der Waals surface area contributed by atoms with Crippen LogP contribution in [-0.2, 0) is 16.2 Å². The molecule has 94 heavy (non-hydrogen) atoms. The minimum atomic E-state index is -0.859. The zero-order valence-corrected chi connectivity index (χ0v) is 53.8. The standard InChI is InChI=1S/C91H70N2O/c1-89(2,3)67-41-49-72(50-42-67)92(71-45-37-61(38-46-71)65-35-33-59-21-13-15-23-63(59)55-65)75-53-54-78-80(57-75)76-29-17-18-30-77(76)85-86-81(91(87(78)85,69-25-9-7-10-26-69)70-27-11-8-12-28-70)58-82(84-79-31-19-20-32-83(79)94-88(84)86)93(74-51-43-68(44-52-74)90(4,5)6)73-47-39-62(40-48-73)66-36-34-60-22-14-16-24-64(60)56-66/h7-58H,1-6H3. The molecular formula is C91H70N2O. The maximum absolute atomic E-state index is 7.62. The minimum Gasteiger partial charge on any atom is -0.455 e. The Hall–Kier alpha value is -11.3. The lowest BCUT2D eigenvalue weighted by molar-refractivity contribution is 0.590. The first-order valence-corrected chi connectivity index (χ1v) is 33.0. The summed E-state index contributed by atoms with van der Waals surface area (Å²) >= 11 is 0. The Labute approximate surface area is 550 Å². The van der Waals surface area contributed by atoms with Crippen LogP contribution in [0.1, 0.15) is 74.9 Å². The van der Waals surface area contributed by atoms with Gasteiger partial charge in [0, 0.05) is 39.4 Å². The molecule has 0 saturated carbocycles. The zero-order chi connectivity index (χ0) is 63.5. The number of para-hydroxylation sites is 1. The number of hydrogen-bond donors (Lipinski definition) is 0. The quantitative estimate of drug-likeness (QED) is 0.127. The molecule has 17 rings (SSSR count). The van der Waals surface area contributed by atoms with E-state index >= 15 is 0 Å². The second kappa shape index (κ2) is 22.0. The molecule has 1 heterocycles. The summed E-state index contributed by atoms with van der Waals surface area (Å²) in [5, 5.41) is 11.8. The molecule has 0 fully saturated rings. The average Bonchev–Trinajstić information content (AvgIpc) is 1.50. The maximum atomic E-state index is 7.62. The summed E-state index contributed by atoms with van der Waals surface area (Å²) in [6.45, 7) is 13.7. The molecule has 0 saturated heterocycles. The van der Waals surface area contributed by atoms with E-state index in [4.69, 9.17) is 4.42 Å². The van der Waals surface area contributed by atoms with Crippen molar-refractivity contribution in [2.45, 2.75) is 57.8 Å². The summed E-state index contributed by atoms with van der Waals surface area (Å²) in [7, 11) is 0. The molecule has 1 aliphatic rings. The van der Waals surface area contributed by atoms with Gasteiger partial charge in [-0.05, 0) is 200 Å². The summed E-state index contributed by atoms with van der Waals surface area (Å²) in [5.41, 5.74) is 21.5. The lowest BCUT2D eigenvalue weighted by Crippen LogP contribution is -2.29. The molecule has 0 amide bonds. The van der Waals surface area contributed by atoms with Crippen LogP contribution >= 0.6 is 0 Å². The van der Waals surface area contributed by atoms with Crippen LogP contribution in [0.2, 0.25) is 0 Å². The number of anilines is 6. The fourth-order valence-corrected chi connectivity index (χ4v) is 15.3. The van der Waals surface area contributed by atoms with Crippen LogP contribution in [0.25, 0.3) is 98.4 Å². The van der Waals surface area contributed by atoms with Crippen LogP contribution in [0.5, 0.6) is 0 Å². The van der Waals surface area contributed by atoms with Gasteiger partial charge in [0.15, 0.2) is 0 Å². The van der Waals surface area contributed by atoms with Gasteiger partial charge >= 0.3 is 0 Å². The first-order valence-electron chi connectivity index (χ1n) is 33.0. The van der Waals surface area contributed by atoms with E-state index in [0.717, 1.165) is 67.2 Å². The molecule has 0 bridgehead atoms. The Bertz CT molecular complexity index is 5560. The molecule has 1 aliphatic carbocycles. The van der Waals surface area contributed by atoms with Crippen LogP contribution in [0.4, 0.5) is 34.1 Å². The topological polar surface area (TPSA) is 19.6 Å². The number of rotatable bonds is 10. The van der Waals surface area contributed by atoms with Crippen LogP contribution in [0, 0.1) is 0 Å². The van der Waals surface area contributed by atoms with Gasteiger partial charge in [0.25, 0.3) is 0 Å². The van der Waals surface area contributed by atoms with Crippen molar-refractivity contribution >= 4 is 99.2 Å². The number of fused-ring (bicyclic) bond motifs is 14. The van der Waals surface area contributed by atoms with Gasteiger partial charge in [-0.2, -0.15) is 0 Å². The lowest BCUT2D eigenvalue weighted by Gasteiger charge is -2.36. The summed E-state index contributed by atoms with van der Waals surface area (Å²) < 4.78 is 7.62. The highest BCUT2D eigenvalue weighted by atomic mass is 16.3. The second-order valence-corrected chi connectivity index (χ2v) is 27.6. The van der Waals surface area contributed by atoms with Gasteiger partial charge in [-0.3, -0.25) is 0 Å². The van der Waals surface area contributed by atoms with Crippen molar-refractivity contribution in [3.8, 4) is 33.4 Å². The third kappa shape index (κ3) is 9.24. The van der Waals surface area contributed by atoms with Gasteiger partial charge in [-0.25, -0.2) is 0 Å². The van der Waals surface area contributed by atoms with E-state index in [1.807, 2.05) is 0 Å². The van der Waals surface area contributed by atoms with Crippen molar-refractivity contribution < 1.29 is 4.42 Å². The number of nitrogens with zero attached hydrogens (tertiary/aromatic N) is 2. The van der Waals surface area contributed by atoms with E-state index in [0.29, 0.717) is 0 Å². The summed E-state index contributed by atoms with van der Waals surface area (Å²) in [6, 6.07) is 118.